The number of benzene rings is 1. The average molecular weight is 350 g/mol. The first kappa shape index (κ1) is 16.0. The van der Waals surface area contributed by atoms with Gasteiger partial charge in [0.25, 0.3) is 5.91 Å². The van der Waals surface area contributed by atoms with Gasteiger partial charge in [-0.1, -0.05) is 11.6 Å². The van der Waals surface area contributed by atoms with Crippen LogP contribution in [0.25, 0.3) is 10.1 Å². The lowest BCUT2D eigenvalue weighted by Crippen LogP contribution is -2.23. The number of nitrogens with zero attached hydrogens (tertiary/aromatic N) is 2. The molecule has 0 saturated carbocycles. The average Bonchev–Trinajstić information content (AvgIpc) is 3.08. The number of nitrogens with one attached hydrogen (secondary N) is 1. The van der Waals surface area contributed by atoms with E-state index in [0.29, 0.717) is 29.4 Å². The minimum atomic E-state index is -0.161. The summed E-state index contributed by atoms with van der Waals surface area (Å²) in [5.74, 6) is -0.161. The zero-order valence-electron chi connectivity index (χ0n) is 12.8. The minimum Gasteiger partial charge on any atom is -0.378 e. The fourth-order valence-corrected chi connectivity index (χ4v) is 3.54. The zero-order chi connectivity index (χ0) is 16.4. The number of aryl methyl sites for hydroxylation is 1. The molecule has 120 valence electrons. The number of halogens is 1. The van der Waals surface area contributed by atoms with Gasteiger partial charge >= 0.3 is 0 Å². The number of carbonyl (C=O) groups excluding carboxylic acids is 1. The highest BCUT2D eigenvalue weighted by atomic mass is 35.5. The maximum absolute atomic E-state index is 12.4. The van der Waals surface area contributed by atoms with E-state index in [9.17, 15) is 4.79 Å². The van der Waals surface area contributed by atoms with Crippen molar-refractivity contribution in [2.75, 3.05) is 7.11 Å². The van der Waals surface area contributed by atoms with Gasteiger partial charge in [0.2, 0.25) is 0 Å². The zero-order valence-corrected chi connectivity index (χ0v) is 14.4. The molecule has 0 spiro atoms. The summed E-state index contributed by atoms with van der Waals surface area (Å²) in [7, 11) is 3.36. The summed E-state index contributed by atoms with van der Waals surface area (Å²) in [4.78, 5) is 12.4. The third-order valence-electron chi connectivity index (χ3n) is 3.49. The van der Waals surface area contributed by atoms with Crippen LogP contribution in [0.3, 0.4) is 0 Å². The Morgan fingerprint density at radius 1 is 1.48 bits per heavy atom. The molecule has 3 rings (SSSR count). The molecule has 7 heteroatoms. The number of amides is 1. The Morgan fingerprint density at radius 2 is 2.30 bits per heavy atom. The number of thiophene rings is 1. The molecule has 1 N–H and O–H groups in total. The monoisotopic (exact) mass is 349 g/mol. The van der Waals surface area contributed by atoms with E-state index in [1.165, 1.54) is 0 Å². The summed E-state index contributed by atoms with van der Waals surface area (Å²) >= 11 is 7.70. The third kappa shape index (κ3) is 3.39. The smallest absolute Gasteiger partial charge is 0.255 e. The Balaban J connectivity index is 1.77. The van der Waals surface area contributed by atoms with Crippen LogP contribution in [0.5, 0.6) is 0 Å². The van der Waals surface area contributed by atoms with Gasteiger partial charge in [-0.05, 0) is 34.5 Å². The summed E-state index contributed by atoms with van der Waals surface area (Å²) in [6.07, 6.45) is 1.70. The molecule has 1 amide bonds. The molecule has 0 saturated heterocycles. The van der Waals surface area contributed by atoms with Crippen LogP contribution < -0.4 is 5.32 Å². The molecule has 0 bridgehead atoms. The number of carbonyl (C=O) groups is 1. The highest BCUT2D eigenvalue weighted by Crippen LogP contribution is 2.28. The number of fused-ring (bicyclic) bond motifs is 1. The summed E-state index contributed by atoms with van der Waals surface area (Å²) in [6, 6.07) is 5.79. The molecular weight excluding hydrogens is 334 g/mol. The number of aromatic nitrogens is 2. The molecule has 0 aliphatic carbocycles. The molecule has 0 fully saturated rings. The molecule has 1 aromatic carbocycles. The van der Waals surface area contributed by atoms with Gasteiger partial charge in [-0.15, -0.1) is 11.3 Å². The van der Waals surface area contributed by atoms with Gasteiger partial charge in [0.15, 0.2) is 0 Å². The normalized spacial score (nSPS) is 11.1. The Labute approximate surface area is 142 Å². The highest BCUT2D eigenvalue weighted by molar-refractivity contribution is 7.17. The van der Waals surface area contributed by atoms with Crippen molar-refractivity contribution >= 4 is 38.9 Å². The van der Waals surface area contributed by atoms with Crippen LogP contribution in [0.2, 0.25) is 5.02 Å². The van der Waals surface area contributed by atoms with Gasteiger partial charge in [-0.25, -0.2) is 0 Å². The van der Waals surface area contributed by atoms with Crippen LogP contribution in [0.15, 0.2) is 29.8 Å². The summed E-state index contributed by atoms with van der Waals surface area (Å²) in [6.45, 7) is 0.751. The molecule has 0 radical (unpaired) electrons. The first-order chi connectivity index (χ1) is 11.1. The summed E-state index contributed by atoms with van der Waals surface area (Å²) < 4.78 is 7.85. The molecule has 5 nitrogen and oxygen atoms in total. The van der Waals surface area contributed by atoms with Gasteiger partial charge < -0.3 is 10.1 Å². The summed E-state index contributed by atoms with van der Waals surface area (Å²) in [5.41, 5.74) is 2.22. The van der Waals surface area contributed by atoms with E-state index < -0.39 is 0 Å². The van der Waals surface area contributed by atoms with Crippen molar-refractivity contribution in [2.24, 2.45) is 7.05 Å². The number of methoxy groups -OCH3 is 1. The van der Waals surface area contributed by atoms with Crippen LogP contribution in [0.4, 0.5) is 0 Å². The third-order valence-corrected chi connectivity index (χ3v) is 4.73. The van der Waals surface area contributed by atoms with Crippen molar-refractivity contribution in [1.82, 2.24) is 15.1 Å². The lowest BCUT2D eigenvalue weighted by molar-refractivity contribution is 0.0946. The number of rotatable bonds is 5. The Morgan fingerprint density at radius 3 is 3.09 bits per heavy atom. The standard InChI is InChI=1S/C16H16ClN3O2S/c1-20-7-13(14(19-20)8-22-2)16(21)18-6-10-9-23-15-4-3-11(17)5-12(10)15/h3-5,7,9H,6,8H2,1-2H3,(H,18,21). The first-order valence-electron chi connectivity index (χ1n) is 7.03. The second kappa shape index (κ2) is 6.70. The van der Waals surface area contributed by atoms with E-state index in [1.54, 1.807) is 36.4 Å². The summed E-state index contributed by atoms with van der Waals surface area (Å²) in [5, 5.41) is 11.0. The van der Waals surface area contributed by atoms with Crippen molar-refractivity contribution in [3.63, 3.8) is 0 Å². The molecular formula is C16H16ClN3O2S. The number of ether oxygens (including phenoxy) is 1. The molecule has 0 atom stereocenters. The molecule has 23 heavy (non-hydrogen) atoms. The van der Waals surface area contributed by atoms with Crippen LogP contribution in [-0.2, 0) is 24.9 Å². The molecule has 0 unspecified atom stereocenters. The van der Waals surface area contributed by atoms with Gasteiger partial charge in [0, 0.05) is 36.6 Å². The maximum Gasteiger partial charge on any atom is 0.255 e. The van der Waals surface area contributed by atoms with Crippen molar-refractivity contribution < 1.29 is 9.53 Å². The number of hydrogen-bond donors (Lipinski definition) is 1. The van der Waals surface area contributed by atoms with E-state index in [-0.39, 0.29) is 5.91 Å². The van der Waals surface area contributed by atoms with Crippen LogP contribution in [-0.4, -0.2) is 22.8 Å². The van der Waals surface area contributed by atoms with Crippen molar-refractivity contribution in [1.29, 1.82) is 0 Å². The molecule has 2 heterocycles. The van der Waals surface area contributed by atoms with E-state index in [4.69, 9.17) is 16.3 Å². The maximum atomic E-state index is 12.4. The minimum absolute atomic E-state index is 0.161. The van der Waals surface area contributed by atoms with E-state index in [2.05, 4.69) is 10.4 Å². The van der Waals surface area contributed by atoms with E-state index >= 15 is 0 Å². The predicted octanol–water partition coefficient (Wildman–Crippen LogP) is 3.36. The Kier molecular flexibility index (Phi) is 4.66. The largest absolute Gasteiger partial charge is 0.378 e. The first-order valence-corrected chi connectivity index (χ1v) is 8.29. The van der Waals surface area contributed by atoms with Gasteiger partial charge in [0.05, 0.1) is 12.2 Å². The van der Waals surface area contributed by atoms with Gasteiger partial charge in [-0.2, -0.15) is 5.10 Å². The van der Waals surface area contributed by atoms with Crippen molar-refractivity contribution in [3.8, 4) is 0 Å². The topological polar surface area (TPSA) is 56.2 Å². The predicted molar refractivity (Wildman–Crippen MR) is 91.9 cm³/mol. The van der Waals surface area contributed by atoms with Crippen LogP contribution >= 0.6 is 22.9 Å². The number of hydrogen-bond acceptors (Lipinski definition) is 4. The molecule has 3 aromatic rings. The fourth-order valence-electron chi connectivity index (χ4n) is 2.43. The molecule has 0 aliphatic heterocycles. The van der Waals surface area contributed by atoms with E-state index in [0.717, 1.165) is 15.6 Å². The second-order valence-corrected chi connectivity index (χ2v) is 6.53. The van der Waals surface area contributed by atoms with Crippen LogP contribution in [0.1, 0.15) is 21.6 Å². The van der Waals surface area contributed by atoms with E-state index in [1.807, 2.05) is 23.6 Å². The quantitative estimate of drug-likeness (QED) is 0.768. The van der Waals surface area contributed by atoms with Crippen LogP contribution in [0, 0.1) is 0 Å². The fraction of sp³-hybridized carbons (Fsp3) is 0.250. The molecule has 2 aromatic heterocycles. The van der Waals surface area contributed by atoms with Gasteiger partial charge in [-0.3, -0.25) is 9.48 Å². The van der Waals surface area contributed by atoms with Crippen molar-refractivity contribution in [3.05, 3.63) is 51.6 Å². The Hall–Kier alpha value is -1.89. The second-order valence-electron chi connectivity index (χ2n) is 5.18. The van der Waals surface area contributed by atoms with Crippen molar-refractivity contribution in [2.45, 2.75) is 13.2 Å². The highest BCUT2D eigenvalue weighted by Gasteiger charge is 2.16. The lowest BCUT2D eigenvalue weighted by atomic mass is 10.1. The lowest BCUT2D eigenvalue weighted by Gasteiger charge is -2.05. The van der Waals surface area contributed by atoms with Gasteiger partial charge in [0.1, 0.15) is 5.69 Å². The SMILES string of the molecule is COCc1nn(C)cc1C(=O)NCc1csc2ccc(Cl)cc12. The Bertz CT molecular complexity index is 856. The molecule has 0 aliphatic rings.